The molecular formula is C13H20N4OS. The summed E-state index contributed by atoms with van der Waals surface area (Å²) < 4.78 is 0. The molecule has 19 heavy (non-hydrogen) atoms. The number of rotatable bonds is 6. The summed E-state index contributed by atoms with van der Waals surface area (Å²) in [5, 5.41) is 10.0. The van der Waals surface area contributed by atoms with E-state index in [0.29, 0.717) is 5.16 Å². The molecule has 2 N–H and O–H groups in total. The maximum absolute atomic E-state index is 11.9. The molecule has 0 bridgehead atoms. The molecule has 0 saturated carbocycles. The number of carbonyl (C=O) groups excluding carboxylic acids is 1. The van der Waals surface area contributed by atoms with Gasteiger partial charge in [-0.1, -0.05) is 23.4 Å². The summed E-state index contributed by atoms with van der Waals surface area (Å²) in [4.78, 5) is 15.9. The number of hydrogen-bond donors (Lipinski definition) is 2. The molecule has 2 rings (SSSR count). The van der Waals surface area contributed by atoms with E-state index in [1.807, 2.05) is 6.92 Å². The van der Waals surface area contributed by atoms with Crippen molar-refractivity contribution >= 4 is 17.7 Å². The highest BCUT2D eigenvalue weighted by Gasteiger charge is 2.15. The van der Waals surface area contributed by atoms with E-state index in [-0.39, 0.29) is 11.2 Å². The highest BCUT2D eigenvalue weighted by atomic mass is 32.2. The summed E-state index contributed by atoms with van der Waals surface area (Å²) in [6.07, 6.45) is 9.73. The van der Waals surface area contributed by atoms with Crippen molar-refractivity contribution in [3.05, 3.63) is 18.0 Å². The Morgan fingerprint density at radius 1 is 1.58 bits per heavy atom. The minimum atomic E-state index is -0.159. The normalized spacial score (nSPS) is 16.8. The fourth-order valence-electron chi connectivity index (χ4n) is 2.09. The molecule has 1 amide bonds. The van der Waals surface area contributed by atoms with Gasteiger partial charge < -0.3 is 5.32 Å². The Labute approximate surface area is 117 Å². The van der Waals surface area contributed by atoms with Crippen molar-refractivity contribution in [3.8, 4) is 0 Å². The summed E-state index contributed by atoms with van der Waals surface area (Å²) in [5.74, 6) is 0.0535. The molecule has 1 aromatic rings. The van der Waals surface area contributed by atoms with Crippen LogP contribution in [0, 0.1) is 0 Å². The molecule has 1 aromatic heterocycles. The van der Waals surface area contributed by atoms with Crippen molar-refractivity contribution in [1.82, 2.24) is 20.5 Å². The molecule has 5 nitrogen and oxygen atoms in total. The zero-order valence-corrected chi connectivity index (χ0v) is 12.0. The zero-order chi connectivity index (χ0) is 13.5. The molecular weight excluding hydrogens is 260 g/mol. The average Bonchev–Trinajstić information content (AvgIpc) is 2.92. The van der Waals surface area contributed by atoms with Crippen molar-refractivity contribution in [1.29, 1.82) is 0 Å². The maximum atomic E-state index is 11.9. The second-order valence-electron chi connectivity index (χ2n) is 4.70. The number of amides is 1. The van der Waals surface area contributed by atoms with E-state index < -0.39 is 0 Å². The van der Waals surface area contributed by atoms with Crippen LogP contribution in [0.25, 0.3) is 0 Å². The van der Waals surface area contributed by atoms with Crippen molar-refractivity contribution in [3.63, 3.8) is 0 Å². The standard InChI is InChI=1S/C13H20N4OS/c1-10(19-13-15-9-16-17-13)12(18)14-8-7-11-5-3-2-4-6-11/h5,9-10H,2-4,6-8H2,1H3,(H,14,18)(H,15,16,17)/t10-/m0/s1. The Bertz CT molecular complexity index is 430. The fourth-order valence-corrected chi connectivity index (χ4v) is 2.83. The Hall–Kier alpha value is -1.30. The van der Waals surface area contributed by atoms with Crippen LogP contribution in [0.4, 0.5) is 0 Å². The van der Waals surface area contributed by atoms with E-state index in [1.54, 1.807) is 0 Å². The molecule has 0 saturated heterocycles. The van der Waals surface area contributed by atoms with E-state index in [9.17, 15) is 4.79 Å². The van der Waals surface area contributed by atoms with Crippen molar-refractivity contribution in [2.75, 3.05) is 6.54 Å². The Morgan fingerprint density at radius 3 is 3.16 bits per heavy atom. The lowest BCUT2D eigenvalue weighted by atomic mass is 9.97. The van der Waals surface area contributed by atoms with E-state index in [0.717, 1.165) is 13.0 Å². The molecule has 1 aliphatic rings. The molecule has 0 fully saturated rings. The van der Waals surface area contributed by atoms with Gasteiger partial charge in [0.25, 0.3) is 0 Å². The number of thioether (sulfide) groups is 1. The summed E-state index contributed by atoms with van der Waals surface area (Å²) >= 11 is 1.39. The van der Waals surface area contributed by atoms with E-state index in [4.69, 9.17) is 0 Å². The third-order valence-corrected chi connectivity index (χ3v) is 4.17. The first-order chi connectivity index (χ1) is 9.25. The van der Waals surface area contributed by atoms with Gasteiger partial charge in [0.05, 0.1) is 5.25 Å². The number of allylic oxidation sites excluding steroid dienone is 1. The summed E-state index contributed by atoms with van der Waals surface area (Å²) in [7, 11) is 0. The first kappa shape index (κ1) is 14.1. The lowest BCUT2D eigenvalue weighted by Crippen LogP contribution is -2.31. The number of H-pyrrole nitrogens is 1. The molecule has 1 aliphatic carbocycles. The van der Waals surface area contributed by atoms with Crippen LogP contribution in [-0.2, 0) is 4.79 Å². The van der Waals surface area contributed by atoms with Gasteiger partial charge in [0.15, 0.2) is 5.16 Å². The maximum Gasteiger partial charge on any atom is 0.233 e. The summed E-state index contributed by atoms with van der Waals surface area (Å²) in [6, 6.07) is 0. The van der Waals surface area contributed by atoms with Gasteiger partial charge in [-0.05, 0) is 39.0 Å². The van der Waals surface area contributed by atoms with Gasteiger partial charge in [0, 0.05) is 6.54 Å². The van der Waals surface area contributed by atoms with E-state index >= 15 is 0 Å². The van der Waals surface area contributed by atoms with Crippen molar-refractivity contribution in [2.24, 2.45) is 0 Å². The van der Waals surface area contributed by atoms with Crippen LogP contribution in [-0.4, -0.2) is 32.9 Å². The Morgan fingerprint density at radius 2 is 2.47 bits per heavy atom. The number of carbonyl (C=O) groups is 1. The third kappa shape index (κ3) is 4.70. The molecule has 0 spiro atoms. The molecule has 0 radical (unpaired) electrons. The fraction of sp³-hybridized carbons (Fsp3) is 0.615. The highest BCUT2D eigenvalue weighted by molar-refractivity contribution is 8.00. The molecule has 0 aromatic carbocycles. The SMILES string of the molecule is C[C@H](Sc1ncn[nH]1)C(=O)NCCC1=CCCCC1. The summed E-state index contributed by atoms with van der Waals surface area (Å²) in [6.45, 7) is 2.61. The topological polar surface area (TPSA) is 70.7 Å². The van der Waals surface area contributed by atoms with Crippen LogP contribution in [0.15, 0.2) is 23.1 Å². The van der Waals surface area contributed by atoms with Crippen LogP contribution in [0.2, 0.25) is 0 Å². The summed E-state index contributed by atoms with van der Waals surface area (Å²) in [5.41, 5.74) is 1.49. The molecule has 1 heterocycles. The van der Waals surface area contributed by atoms with Crippen molar-refractivity contribution < 1.29 is 4.79 Å². The van der Waals surface area contributed by atoms with E-state index in [2.05, 4.69) is 26.6 Å². The monoisotopic (exact) mass is 280 g/mol. The quantitative estimate of drug-likeness (QED) is 0.619. The van der Waals surface area contributed by atoms with Crippen LogP contribution in [0.5, 0.6) is 0 Å². The van der Waals surface area contributed by atoms with Gasteiger partial charge in [0.2, 0.25) is 5.91 Å². The predicted molar refractivity (Wildman–Crippen MR) is 75.9 cm³/mol. The van der Waals surface area contributed by atoms with E-state index in [1.165, 1.54) is 49.3 Å². The smallest absolute Gasteiger partial charge is 0.233 e. The first-order valence-corrected chi connectivity index (χ1v) is 7.61. The van der Waals surface area contributed by atoms with Crippen LogP contribution in [0.1, 0.15) is 39.0 Å². The van der Waals surface area contributed by atoms with Gasteiger partial charge >= 0.3 is 0 Å². The minimum Gasteiger partial charge on any atom is -0.355 e. The van der Waals surface area contributed by atoms with Crippen LogP contribution < -0.4 is 5.32 Å². The van der Waals surface area contributed by atoms with Gasteiger partial charge in [-0.3, -0.25) is 9.89 Å². The number of nitrogens with zero attached hydrogens (tertiary/aromatic N) is 2. The number of nitrogens with one attached hydrogen (secondary N) is 2. The first-order valence-electron chi connectivity index (χ1n) is 6.73. The number of aromatic nitrogens is 3. The zero-order valence-electron chi connectivity index (χ0n) is 11.2. The second kappa shape index (κ2) is 7.33. The molecule has 6 heteroatoms. The van der Waals surface area contributed by atoms with Crippen LogP contribution in [0.3, 0.4) is 0 Å². The van der Waals surface area contributed by atoms with Crippen LogP contribution >= 0.6 is 11.8 Å². The molecule has 0 unspecified atom stereocenters. The highest BCUT2D eigenvalue weighted by Crippen LogP contribution is 2.20. The van der Waals surface area contributed by atoms with Gasteiger partial charge in [0.1, 0.15) is 6.33 Å². The Kier molecular flexibility index (Phi) is 5.44. The number of hydrogen-bond acceptors (Lipinski definition) is 4. The Balaban J connectivity index is 1.67. The predicted octanol–water partition coefficient (Wildman–Crippen LogP) is 2.29. The van der Waals surface area contributed by atoms with Gasteiger partial charge in [-0.25, -0.2) is 4.98 Å². The third-order valence-electron chi connectivity index (χ3n) is 3.18. The largest absolute Gasteiger partial charge is 0.355 e. The minimum absolute atomic E-state index is 0.0535. The molecule has 1 atom stereocenters. The molecule has 104 valence electrons. The molecule has 0 aliphatic heterocycles. The second-order valence-corrected chi connectivity index (χ2v) is 6.03. The lowest BCUT2D eigenvalue weighted by molar-refractivity contribution is -0.120. The average molecular weight is 280 g/mol. The van der Waals surface area contributed by atoms with Gasteiger partial charge in [-0.15, -0.1) is 0 Å². The van der Waals surface area contributed by atoms with Crippen molar-refractivity contribution in [2.45, 2.75) is 49.4 Å². The number of aromatic amines is 1. The van der Waals surface area contributed by atoms with Gasteiger partial charge in [-0.2, -0.15) is 5.10 Å². The lowest BCUT2D eigenvalue weighted by Gasteiger charge is -2.14.